The summed E-state index contributed by atoms with van der Waals surface area (Å²) in [5.41, 5.74) is 4.29. The molecule has 0 saturated heterocycles. The molecule has 0 saturated carbocycles. The van der Waals surface area contributed by atoms with Gasteiger partial charge in [0.05, 0.1) is 4.90 Å². The van der Waals surface area contributed by atoms with Gasteiger partial charge in [-0.2, -0.15) is 0 Å². The Morgan fingerprint density at radius 3 is 2.13 bits per heavy atom. The predicted octanol–water partition coefficient (Wildman–Crippen LogP) is 5.06. The van der Waals surface area contributed by atoms with E-state index in [0.29, 0.717) is 17.5 Å². The fourth-order valence-corrected chi connectivity index (χ4v) is 4.37. The molecule has 6 heteroatoms. The summed E-state index contributed by atoms with van der Waals surface area (Å²) in [5, 5.41) is 0. The highest BCUT2D eigenvalue weighted by Gasteiger charge is 2.19. The van der Waals surface area contributed by atoms with Crippen molar-refractivity contribution in [3.05, 3.63) is 114 Å². The summed E-state index contributed by atoms with van der Waals surface area (Å²) in [6, 6.07) is 19.1. The van der Waals surface area contributed by atoms with Crippen molar-refractivity contribution in [1.82, 2.24) is 9.97 Å². The van der Waals surface area contributed by atoms with Gasteiger partial charge in [0.2, 0.25) is 0 Å². The van der Waals surface area contributed by atoms with E-state index in [1.807, 2.05) is 36.7 Å². The number of hydrogen-bond donors (Lipinski definition) is 0. The molecule has 31 heavy (non-hydrogen) atoms. The van der Waals surface area contributed by atoms with E-state index in [1.165, 1.54) is 18.4 Å². The maximum Gasteiger partial charge on any atom is 0.175 e. The Morgan fingerprint density at radius 2 is 1.55 bits per heavy atom. The van der Waals surface area contributed by atoms with Crippen molar-refractivity contribution in [2.45, 2.75) is 17.2 Å². The molecule has 0 aliphatic rings. The summed E-state index contributed by atoms with van der Waals surface area (Å²) in [5.74, 6) is -0.410. The largest absolute Gasteiger partial charge is 0.264 e. The predicted molar refractivity (Wildman–Crippen MR) is 119 cm³/mol. The molecule has 0 N–H and O–H groups in total. The molecular weight excluding hydrogens is 411 g/mol. The highest BCUT2D eigenvalue weighted by Crippen LogP contribution is 2.33. The van der Waals surface area contributed by atoms with Gasteiger partial charge in [-0.15, -0.1) is 0 Å². The first-order valence-electron chi connectivity index (χ1n) is 9.80. The van der Waals surface area contributed by atoms with E-state index < -0.39 is 9.84 Å². The first kappa shape index (κ1) is 20.9. The number of nitrogens with zero attached hydrogens (tertiary/aromatic N) is 2. The maximum absolute atomic E-state index is 14.2. The molecule has 2 aromatic carbocycles. The molecule has 0 unspecified atom stereocenters. The number of sulfone groups is 1. The maximum atomic E-state index is 14.2. The molecule has 0 atom stereocenters. The lowest BCUT2D eigenvalue weighted by Crippen LogP contribution is -2.07. The van der Waals surface area contributed by atoms with Crippen LogP contribution in [0.3, 0.4) is 0 Å². The Balaban J connectivity index is 1.82. The molecule has 4 aromatic rings. The summed E-state index contributed by atoms with van der Waals surface area (Å²) >= 11 is 0. The van der Waals surface area contributed by atoms with Gasteiger partial charge >= 0.3 is 0 Å². The smallest absolute Gasteiger partial charge is 0.175 e. The third-order valence-corrected chi connectivity index (χ3v) is 6.35. The molecule has 0 amide bonds. The second-order valence-electron chi connectivity index (χ2n) is 7.43. The molecule has 0 spiro atoms. The monoisotopic (exact) mass is 432 g/mol. The fourth-order valence-electron chi connectivity index (χ4n) is 3.70. The van der Waals surface area contributed by atoms with Crippen molar-refractivity contribution >= 4 is 9.84 Å². The van der Waals surface area contributed by atoms with Gasteiger partial charge in [-0.1, -0.05) is 30.3 Å². The number of pyridine rings is 2. The summed E-state index contributed by atoms with van der Waals surface area (Å²) < 4.78 is 38.3. The molecule has 2 heterocycles. The van der Waals surface area contributed by atoms with Gasteiger partial charge in [-0.05, 0) is 70.6 Å². The third kappa shape index (κ3) is 4.86. The van der Waals surface area contributed by atoms with Crippen LogP contribution in [0.1, 0.15) is 22.6 Å². The van der Waals surface area contributed by atoms with E-state index >= 15 is 0 Å². The Morgan fingerprint density at radius 1 is 0.871 bits per heavy atom. The first-order chi connectivity index (χ1) is 14.9. The Kier molecular flexibility index (Phi) is 5.91. The van der Waals surface area contributed by atoms with Gasteiger partial charge in [0, 0.05) is 37.0 Å². The molecule has 0 aliphatic carbocycles. The van der Waals surface area contributed by atoms with E-state index in [9.17, 15) is 12.8 Å². The second-order valence-corrected chi connectivity index (χ2v) is 9.45. The molecule has 0 aliphatic heterocycles. The average molecular weight is 433 g/mol. The number of hydrogen-bond acceptors (Lipinski definition) is 4. The van der Waals surface area contributed by atoms with E-state index in [1.54, 1.807) is 42.7 Å². The Bertz CT molecular complexity index is 1250. The van der Waals surface area contributed by atoms with Crippen LogP contribution in [0.15, 0.2) is 96.4 Å². The molecule has 2 aromatic heterocycles. The van der Waals surface area contributed by atoms with Crippen LogP contribution in [0.4, 0.5) is 4.39 Å². The number of aromatic nitrogens is 2. The minimum atomic E-state index is -3.38. The van der Waals surface area contributed by atoms with Gasteiger partial charge in [0.1, 0.15) is 5.82 Å². The minimum absolute atomic E-state index is 0.0373. The van der Waals surface area contributed by atoms with Crippen LogP contribution in [0.25, 0.3) is 11.1 Å². The topological polar surface area (TPSA) is 59.9 Å². The molecule has 0 bridgehead atoms. The quantitative estimate of drug-likeness (QED) is 0.427. The molecule has 0 fully saturated rings. The van der Waals surface area contributed by atoms with Crippen molar-refractivity contribution in [3.63, 3.8) is 0 Å². The van der Waals surface area contributed by atoms with Gasteiger partial charge in [0.15, 0.2) is 9.84 Å². The zero-order valence-electron chi connectivity index (χ0n) is 16.9. The van der Waals surface area contributed by atoms with Crippen molar-refractivity contribution in [3.8, 4) is 11.1 Å². The lowest BCUT2D eigenvalue weighted by atomic mass is 9.85. The molecule has 0 radical (unpaired) electrons. The average Bonchev–Trinajstić information content (AvgIpc) is 2.79. The number of rotatable bonds is 6. The normalized spacial score (nSPS) is 11.6. The van der Waals surface area contributed by atoms with Gasteiger partial charge in [-0.3, -0.25) is 9.97 Å². The van der Waals surface area contributed by atoms with Crippen molar-refractivity contribution in [2.75, 3.05) is 6.26 Å². The highest BCUT2D eigenvalue weighted by molar-refractivity contribution is 7.90. The zero-order chi connectivity index (χ0) is 21.8. The van der Waals surface area contributed by atoms with Crippen molar-refractivity contribution in [1.29, 1.82) is 0 Å². The van der Waals surface area contributed by atoms with Crippen LogP contribution in [0.5, 0.6) is 0 Å². The number of benzene rings is 2. The zero-order valence-corrected chi connectivity index (χ0v) is 17.8. The van der Waals surface area contributed by atoms with Crippen LogP contribution >= 0.6 is 0 Å². The molecular formula is C25H21FN2O2S. The van der Waals surface area contributed by atoms with Crippen LogP contribution < -0.4 is 0 Å². The van der Waals surface area contributed by atoms with E-state index in [0.717, 1.165) is 16.7 Å². The molecule has 156 valence electrons. The third-order valence-electron chi connectivity index (χ3n) is 5.24. The molecule has 4 rings (SSSR count). The van der Waals surface area contributed by atoms with Gasteiger partial charge < -0.3 is 0 Å². The van der Waals surface area contributed by atoms with Crippen molar-refractivity contribution in [2.24, 2.45) is 0 Å². The van der Waals surface area contributed by atoms with E-state index in [4.69, 9.17) is 0 Å². The summed E-state index contributed by atoms with van der Waals surface area (Å²) in [6.07, 6.45) is 8.85. The summed E-state index contributed by atoms with van der Waals surface area (Å²) in [6.45, 7) is 0. The van der Waals surface area contributed by atoms with E-state index in [-0.39, 0.29) is 16.6 Å². The van der Waals surface area contributed by atoms with Crippen LogP contribution in [-0.2, 0) is 16.3 Å². The van der Waals surface area contributed by atoms with Crippen molar-refractivity contribution < 1.29 is 12.8 Å². The molecule has 4 nitrogen and oxygen atoms in total. The Labute approximate surface area is 181 Å². The fraction of sp³-hybridized carbons (Fsp3) is 0.120. The number of halogens is 1. The van der Waals surface area contributed by atoms with Crippen LogP contribution in [0, 0.1) is 5.82 Å². The second kappa shape index (κ2) is 8.78. The highest BCUT2D eigenvalue weighted by atomic mass is 32.2. The summed E-state index contributed by atoms with van der Waals surface area (Å²) in [4.78, 5) is 8.72. The van der Waals surface area contributed by atoms with Gasteiger partial charge in [-0.25, -0.2) is 12.8 Å². The lowest BCUT2D eigenvalue weighted by Gasteiger charge is -2.20. The van der Waals surface area contributed by atoms with Crippen LogP contribution in [-0.4, -0.2) is 24.6 Å². The SMILES string of the molecule is CS(=O)(=O)c1cccc(-c2cc(F)ccc2CC(c2cccnc2)c2cccnc2)c1. The van der Waals surface area contributed by atoms with Crippen LogP contribution in [0.2, 0.25) is 0 Å². The summed E-state index contributed by atoms with van der Waals surface area (Å²) in [7, 11) is -3.38. The van der Waals surface area contributed by atoms with E-state index in [2.05, 4.69) is 9.97 Å². The first-order valence-corrected chi connectivity index (χ1v) is 11.7. The Hall–Kier alpha value is -3.38. The lowest BCUT2D eigenvalue weighted by molar-refractivity contribution is 0.602. The van der Waals surface area contributed by atoms with Gasteiger partial charge in [0.25, 0.3) is 0 Å². The standard InChI is InChI=1S/C25H21FN2O2S/c1-31(29,30)23-8-2-5-18(13-23)25-15-22(26)10-9-19(25)14-24(20-6-3-11-27-16-20)21-7-4-12-28-17-21/h2-13,15-17,24H,14H2,1H3. The minimum Gasteiger partial charge on any atom is -0.264 e.